The molecule has 1 aromatic heterocycles. The Hall–Kier alpha value is -4.41. The van der Waals surface area contributed by atoms with Gasteiger partial charge >= 0.3 is 0 Å². The zero-order chi connectivity index (χ0) is 24.1. The quantitative estimate of drug-likeness (QED) is 0.263. The Labute approximate surface area is 200 Å². The van der Waals surface area contributed by atoms with E-state index in [0.29, 0.717) is 33.4 Å². The Bertz CT molecular complexity index is 1410. The Kier molecular flexibility index (Phi) is 6.72. The fourth-order valence-electron chi connectivity index (χ4n) is 3.19. The van der Waals surface area contributed by atoms with Crippen molar-refractivity contribution in [1.29, 1.82) is 5.26 Å². The number of nitriles is 1. The normalized spacial score (nSPS) is 11.1. The number of ether oxygens (including phenoxy) is 1. The lowest BCUT2D eigenvalue weighted by Gasteiger charge is -2.11. The van der Waals surface area contributed by atoms with Crippen LogP contribution in [0.1, 0.15) is 11.3 Å². The molecule has 0 fully saturated rings. The van der Waals surface area contributed by atoms with Gasteiger partial charge < -0.3 is 10.1 Å². The fourth-order valence-corrected chi connectivity index (χ4v) is 3.37. The Morgan fingerprint density at radius 2 is 1.76 bits per heavy atom. The van der Waals surface area contributed by atoms with E-state index in [4.69, 9.17) is 16.3 Å². The van der Waals surface area contributed by atoms with E-state index in [0.717, 1.165) is 0 Å². The second-order valence-electron chi connectivity index (χ2n) is 7.21. The first-order chi connectivity index (χ1) is 16.5. The van der Waals surface area contributed by atoms with E-state index in [1.165, 1.54) is 30.3 Å². The molecule has 1 amide bonds. The molecule has 0 aliphatic heterocycles. The van der Waals surface area contributed by atoms with Gasteiger partial charge in [-0.15, -0.1) is 0 Å². The van der Waals surface area contributed by atoms with E-state index in [1.807, 2.05) is 36.4 Å². The van der Waals surface area contributed by atoms with Crippen LogP contribution in [0, 0.1) is 24.1 Å². The second-order valence-corrected chi connectivity index (χ2v) is 7.62. The molecule has 0 atom stereocenters. The molecule has 4 rings (SSSR count). The van der Waals surface area contributed by atoms with Crippen molar-refractivity contribution in [3.63, 3.8) is 0 Å². The van der Waals surface area contributed by atoms with E-state index in [1.54, 1.807) is 35.9 Å². The molecule has 0 unspecified atom stereocenters. The number of para-hydroxylation sites is 2. The van der Waals surface area contributed by atoms with Crippen LogP contribution in [0.25, 0.3) is 11.8 Å². The molecule has 0 spiro atoms. The smallest absolute Gasteiger partial charge is 0.266 e. The number of hydrogen-bond donors (Lipinski definition) is 1. The molecule has 8 heteroatoms. The number of rotatable bonds is 6. The van der Waals surface area contributed by atoms with Crippen molar-refractivity contribution >= 4 is 29.3 Å². The highest BCUT2D eigenvalue weighted by Gasteiger charge is 2.20. The molecule has 34 heavy (non-hydrogen) atoms. The van der Waals surface area contributed by atoms with Crippen LogP contribution >= 0.6 is 11.6 Å². The van der Waals surface area contributed by atoms with Crippen LogP contribution in [0.5, 0.6) is 11.6 Å². The minimum absolute atomic E-state index is 0.167. The highest BCUT2D eigenvalue weighted by atomic mass is 35.5. The second kappa shape index (κ2) is 10.0. The predicted molar refractivity (Wildman–Crippen MR) is 128 cm³/mol. The molecular weight excluding hydrogens is 455 g/mol. The minimum atomic E-state index is -0.629. The number of aryl methyl sites for hydroxylation is 1. The average molecular weight is 473 g/mol. The van der Waals surface area contributed by atoms with Crippen LogP contribution < -0.4 is 10.1 Å². The standard InChI is InChI=1S/C26H18ClFN4O2/c1-17-22(15-18(16-29)25(33)30-24-10-6-5-9-23(24)27)26(34-21-13-11-19(28)12-14-21)32(31-17)20-7-3-2-4-8-20/h2-15H,1H3,(H,30,33)/b18-15+. The number of amides is 1. The van der Waals surface area contributed by atoms with E-state index >= 15 is 0 Å². The molecule has 6 nitrogen and oxygen atoms in total. The zero-order valence-electron chi connectivity index (χ0n) is 18.0. The number of anilines is 1. The Morgan fingerprint density at radius 1 is 1.09 bits per heavy atom. The largest absolute Gasteiger partial charge is 0.438 e. The van der Waals surface area contributed by atoms with E-state index in [-0.39, 0.29) is 11.5 Å². The van der Waals surface area contributed by atoms with Gasteiger partial charge in [-0.05, 0) is 61.5 Å². The molecule has 3 aromatic carbocycles. The van der Waals surface area contributed by atoms with Gasteiger partial charge in [0.05, 0.1) is 27.7 Å². The maximum absolute atomic E-state index is 13.4. The van der Waals surface area contributed by atoms with E-state index in [2.05, 4.69) is 10.4 Å². The summed E-state index contributed by atoms with van der Waals surface area (Å²) in [6.45, 7) is 1.74. The molecule has 4 aromatic rings. The lowest BCUT2D eigenvalue weighted by molar-refractivity contribution is -0.112. The summed E-state index contributed by atoms with van der Waals surface area (Å²) in [7, 11) is 0. The third kappa shape index (κ3) is 4.98. The van der Waals surface area contributed by atoms with Crippen LogP contribution in [0.15, 0.2) is 84.4 Å². The third-order valence-corrected chi connectivity index (χ3v) is 5.20. The molecule has 1 heterocycles. The summed E-state index contributed by atoms with van der Waals surface area (Å²) < 4.78 is 21.0. The minimum Gasteiger partial charge on any atom is -0.438 e. The summed E-state index contributed by atoms with van der Waals surface area (Å²) in [6, 6.07) is 23.4. The van der Waals surface area contributed by atoms with Crippen molar-refractivity contribution in [1.82, 2.24) is 9.78 Å². The predicted octanol–water partition coefficient (Wildman–Crippen LogP) is 6.31. The molecule has 0 aliphatic rings. The van der Waals surface area contributed by atoms with Gasteiger partial charge in [0.15, 0.2) is 0 Å². The SMILES string of the molecule is Cc1nn(-c2ccccc2)c(Oc2ccc(F)cc2)c1/C=C(\C#N)C(=O)Nc1ccccc1Cl. The summed E-state index contributed by atoms with van der Waals surface area (Å²) in [6.07, 6.45) is 1.41. The molecule has 0 saturated carbocycles. The van der Waals surface area contributed by atoms with Crippen molar-refractivity contribution in [2.45, 2.75) is 6.92 Å². The van der Waals surface area contributed by atoms with E-state index < -0.39 is 11.7 Å². The maximum atomic E-state index is 13.4. The number of benzene rings is 3. The van der Waals surface area contributed by atoms with Crippen LogP contribution in [0.3, 0.4) is 0 Å². The first-order valence-electron chi connectivity index (χ1n) is 10.2. The highest BCUT2D eigenvalue weighted by Crippen LogP contribution is 2.32. The molecule has 0 bridgehead atoms. The highest BCUT2D eigenvalue weighted by molar-refractivity contribution is 6.34. The first kappa shape index (κ1) is 22.8. The first-order valence-corrected chi connectivity index (χ1v) is 10.6. The number of carbonyl (C=O) groups is 1. The van der Waals surface area contributed by atoms with Gasteiger partial charge in [0.1, 0.15) is 23.2 Å². The van der Waals surface area contributed by atoms with Crippen LogP contribution in [0.4, 0.5) is 10.1 Å². The summed E-state index contributed by atoms with van der Waals surface area (Å²) in [5.74, 6) is -0.390. The van der Waals surface area contributed by atoms with Crippen molar-refractivity contribution in [3.05, 3.63) is 107 Å². The van der Waals surface area contributed by atoms with Crippen molar-refractivity contribution in [3.8, 4) is 23.4 Å². The lowest BCUT2D eigenvalue weighted by atomic mass is 10.1. The number of nitrogens with zero attached hydrogens (tertiary/aromatic N) is 3. The summed E-state index contributed by atoms with van der Waals surface area (Å²) in [5, 5.41) is 17.3. The summed E-state index contributed by atoms with van der Waals surface area (Å²) in [5.41, 5.74) is 1.88. The summed E-state index contributed by atoms with van der Waals surface area (Å²) in [4.78, 5) is 12.8. The molecule has 0 saturated heterocycles. The van der Waals surface area contributed by atoms with Gasteiger partial charge in [-0.3, -0.25) is 4.79 Å². The van der Waals surface area contributed by atoms with Crippen LogP contribution in [0.2, 0.25) is 5.02 Å². The van der Waals surface area contributed by atoms with Crippen molar-refractivity contribution < 1.29 is 13.9 Å². The molecule has 168 valence electrons. The number of halogens is 2. The molecular formula is C26H18ClFN4O2. The topological polar surface area (TPSA) is 79.9 Å². The summed E-state index contributed by atoms with van der Waals surface area (Å²) >= 11 is 6.12. The van der Waals surface area contributed by atoms with Crippen LogP contribution in [-0.2, 0) is 4.79 Å². The number of aromatic nitrogens is 2. The monoisotopic (exact) mass is 472 g/mol. The van der Waals surface area contributed by atoms with Gasteiger partial charge in [0.25, 0.3) is 5.91 Å². The molecule has 1 N–H and O–H groups in total. The average Bonchev–Trinajstić information content (AvgIpc) is 3.15. The zero-order valence-corrected chi connectivity index (χ0v) is 18.8. The maximum Gasteiger partial charge on any atom is 0.266 e. The van der Waals surface area contributed by atoms with Crippen molar-refractivity contribution in [2.24, 2.45) is 0 Å². The Balaban J connectivity index is 1.78. The number of carbonyl (C=O) groups excluding carboxylic acids is 1. The molecule has 0 aliphatic carbocycles. The van der Waals surface area contributed by atoms with Gasteiger partial charge in [-0.2, -0.15) is 15.0 Å². The Morgan fingerprint density at radius 3 is 2.44 bits per heavy atom. The number of nitrogens with one attached hydrogen (secondary N) is 1. The van der Waals surface area contributed by atoms with Gasteiger partial charge in [-0.1, -0.05) is 41.9 Å². The fraction of sp³-hybridized carbons (Fsp3) is 0.0385. The molecule has 0 radical (unpaired) electrons. The van der Waals surface area contributed by atoms with Gasteiger partial charge in [0, 0.05) is 0 Å². The third-order valence-electron chi connectivity index (χ3n) is 4.87. The van der Waals surface area contributed by atoms with Crippen LogP contribution in [-0.4, -0.2) is 15.7 Å². The van der Waals surface area contributed by atoms with E-state index in [9.17, 15) is 14.4 Å². The van der Waals surface area contributed by atoms with Crippen molar-refractivity contribution in [2.75, 3.05) is 5.32 Å². The van der Waals surface area contributed by atoms with Gasteiger partial charge in [0.2, 0.25) is 5.88 Å². The lowest BCUT2D eigenvalue weighted by Crippen LogP contribution is -2.13. The number of hydrogen-bond acceptors (Lipinski definition) is 4. The van der Waals surface area contributed by atoms with Gasteiger partial charge in [-0.25, -0.2) is 4.39 Å².